The van der Waals surface area contributed by atoms with Gasteiger partial charge < -0.3 is 9.80 Å². The summed E-state index contributed by atoms with van der Waals surface area (Å²) in [6, 6.07) is 12.1. The molecule has 3 aromatic rings. The van der Waals surface area contributed by atoms with Crippen LogP contribution in [0.4, 0.5) is 5.82 Å². The van der Waals surface area contributed by atoms with E-state index >= 15 is 0 Å². The second kappa shape index (κ2) is 6.57. The van der Waals surface area contributed by atoms with Gasteiger partial charge >= 0.3 is 0 Å². The van der Waals surface area contributed by atoms with Crippen molar-refractivity contribution >= 4 is 34.0 Å². The van der Waals surface area contributed by atoms with E-state index in [1.807, 2.05) is 40.6 Å². The van der Waals surface area contributed by atoms with Crippen LogP contribution in [0.1, 0.15) is 4.88 Å². The Labute approximate surface area is 144 Å². The summed E-state index contributed by atoms with van der Waals surface area (Å²) in [6.45, 7) is 3.08. The Morgan fingerprint density at radius 1 is 1.04 bits per heavy atom. The monoisotopic (exact) mass is 338 g/mol. The number of nitrogens with zero attached hydrogens (tertiary/aromatic N) is 4. The lowest BCUT2D eigenvalue weighted by Crippen LogP contribution is -2.49. The molecule has 0 aliphatic carbocycles. The average Bonchev–Trinajstić information content (AvgIpc) is 3.14. The predicted molar refractivity (Wildman–Crippen MR) is 96.4 cm³/mol. The van der Waals surface area contributed by atoms with Crippen LogP contribution < -0.4 is 4.90 Å². The van der Waals surface area contributed by atoms with Gasteiger partial charge in [-0.1, -0.05) is 18.2 Å². The van der Waals surface area contributed by atoms with Gasteiger partial charge in [0.25, 0.3) is 0 Å². The number of anilines is 1. The molecule has 1 amide bonds. The Bertz CT molecular complexity index is 836. The van der Waals surface area contributed by atoms with E-state index < -0.39 is 0 Å². The van der Waals surface area contributed by atoms with Gasteiger partial charge in [0.2, 0.25) is 5.91 Å². The number of benzene rings is 1. The topological polar surface area (TPSA) is 49.3 Å². The third-order valence-electron chi connectivity index (χ3n) is 4.36. The van der Waals surface area contributed by atoms with Gasteiger partial charge in [-0.15, -0.1) is 11.3 Å². The molecule has 0 bridgehead atoms. The number of aromatic nitrogens is 2. The fraction of sp³-hybridized carbons (Fsp3) is 0.278. The number of rotatable bonds is 3. The largest absolute Gasteiger partial charge is 0.352 e. The second-order valence-corrected chi connectivity index (χ2v) is 6.87. The highest BCUT2D eigenvalue weighted by molar-refractivity contribution is 7.10. The fourth-order valence-corrected chi connectivity index (χ4v) is 3.78. The normalized spacial score (nSPS) is 15.0. The Balaban J connectivity index is 1.45. The second-order valence-electron chi connectivity index (χ2n) is 5.84. The molecule has 0 unspecified atom stereocenters. The van der Waals surface area contributed by atoms with Gasteiger partial charge in [0.15, 0.2) is 0 Å². The molecule has 122 valence electrons. The van der Waals surface area contributed by atoms with E-state index in [0.29, 0.717) is 6.42 Å². The highest BCUT2D eigenvalue weighted by Gasteiger charge is 2.23. The van der Waals surface area contributed by atoms with Crippen LogP contribution in [0.5, 0.6) is 0 Å². The first-order valence-electron chi connectivity index (χ1n) is 8.06. The van der Waals surface area contributed by atoms with Crippen molar-refractivity contribution in [1.82, 2.24) is 14.9 Å². The Morgan fingerprint density at radius 3 is 2.67 bits per heavy atom. The van der Waals surface area contributed by atoms with Gasteiger partial charge in [-0.2, -0.15) is 0 Å². The van der Waals surface area contributed by atoms with E-state index in [-0.39, 0.29) is 5.91 Å². The summed E-state index contributed by atoms with van der Waals surface area (Å²) < 4.78 is 0. The minimum absolute atomic E-state index is 0.213. The quantitative estimate of drug-likeness (QED) is 0.736. The number of thiophene rings is 1. The maximum absolute atomic E-state index is 12.4. The average molecular weight is 338 g/mol. The Morgan fingerprint density at radius 2 is 1.88 bits per heavy atom. The van der Waals surface area contributed by atoms with E-state index in [1.165, 1.54) is 0 Å². The maximum atomic E-state index is 12.4. The van der Waals surface area contributed by atoms with Crippen molar-refractivity contribution in [2.75, 3.05) is 31.1 Å². The lowest BCUT2D eigenvalue weighted by atomic mass is 10.2. The smallest absolute Gasteiger partial charge is 0.227 e. The summed E-state index contributed by atoms with van der Waals surface area (Å²) in [5, 5.41) is 3.08. The molecule has 0 spiro atoms. The number of carbonyl (C=O) groups is 1. The highest BCUT2D eigenvalue weighted by Crippen LogP contribution is 2.23. The summed E-state index contributed by atoms with van der Waals surface area (Å²) in [5.74, 6) is 1.18. The molecule has 0 atom stereocenters. The zero-order valence-corrected chi connectivity index (χ0v) is 14.1. The van der Waals surface area contributed by atoms with Gasteiger partial charge in [0, 0.05) is 36.4 Å². The summed E-state index contributed by atoms with van der Waals surface area (Å²) in [6.07, 6.45) is 2.13. The van der Waals surface area contributed by atoms with Crippen LogP contribution in [0.25, 0.3) is 10.9 Å². The zero-order chi connectivity index (χ0) is 16.4. The van der Waals surface area contributed by atoms with E-state index in [1.54, 1.807) is 17.7 Å². The molecular weight excluding hydrogens is 320 g/mol. The van der Waals surface area contributed by atoms with Crippen LogP contribution in [0.15, 0.2) is 48.1 Å². The highest BCUT2D eigenvalue weighted by atomic mass is 32.1. The van der Waals surface area contributed by atoms with E-state index in [4.69, 9.17) is 0 Å². The lowest BCUT2D eigenvalue weighted by Gasteiger charge is -2.35. The molecule has 0 N–H and O–H groups in total. The molecule has 0 radical (unpaired) electrons. The number of carbonyl (C=O) groups excluding carboxylic acids is 1. The number of hydrogen-bond donors (Lipinski definition) is 0. The number of piperazine rings is 1. The molecule has 3 heterocycles. The van der Waals surface area contributed by atoms with E-state index in [9.17, 15) is 4.79 Å². The van der Waals surface area contributed by atoms with Crippen LogP contribution >= 0.6 is 11.3 Å². The summed E-state index contributed by atoms with van der Waals surface area (Å²) in [4.78, 5) is 26.5. The molecule has 1 aromatic carbocycles. The van der Waals surface area contributed by atoms with Gasteiger partial charge in [0.1, 0.15) is 12.1 Å². The third kappa shape index (κ3) is 2.97. The van der Waals surface area contributed by atoms with Gasteiger partial charge in [-0.05, 0) is 23.6 Å². The van der Waals surface area contributed by atoms with Gasteiger partial charge in [0.05, 0.1) is 11.9 Å². The van der Waals surface area contributed by atoms with Crippen LogP contribution in [-0.4, -0.2) is 47.0 Å². The molecule has 6 heteroatoms. The Kier molecular flexibility index (Phi) is 4.13. The van der Waals surface area contributed by atoms with Crippen molar-refractivity contribution < 1.29 is 4.79 Å². The van der Waals surface area contributed by atoms with Crippen molar-refractivity contribution in [1.29, 1.82) is 0 Å². The molecular formula is C18H18N4OS. The van der Waals surface area contributed by atoms with Gasteiger partial charge in [-0.3, -0.25) is 4.79 Å². The first kappa shape index (κ1) is 15.1. The van der Waals surface area contributed by atoms with Crippen LogP contribution in [0.2, 0.25) is 0 Å². The predicted octanol–water partition coefficient (Wildman–Crippen LogP) is 2.58. The molecule has 5 nitrogen and oxygen atoms in total. The van der Waals surface area contributed by atoms with Crippen LogP contribution in [0, 0.1) is 0 Å². The van der Waals surface area contributed by atoms with Crippen molar-refractivity contribution in [2.24, 2.45) is 0 Å². The molecule has 24 heavy (non-hydrogen) atoms. The first-order valence-corrected chi connectivity index (χ1v) is 8.94. The number of hydrogen-bond acceptors (Lipinski definition) is 5. The van der Waals surface area contributed by atoms with E-state index in [2.05, 4.69) is 20.9 Å². The van der Waals surface area contributed by atoms with Gasteiger partial charge in [-0.25, -0.2) is 9.97 Å². The molecule has 1 saturated heterocycles. The van der Waals surface area contributed by atoms with Crippen molar-refractivity contribution in [3.63, 3.8) is 0 Å². The minimum atomic E-state index is 0.213. The maximum Gasteiger partial charge on any atom is 0.227 e. The molecule has 1 aliphatic rings. The molecule has 2 aromatic heterocycles. The minimum Gasteiger partial charge on any atom is -0.352 e. The SMILES string of the molecule is O=C(Cc1cccs1)N1CCN(c2ncnc3ccccc23)CC1. The molecule has 1 aliphatic heterocycles. The standard InChI is InChI=1S/C18H18N4OS/c23-17(12-14-4-3-11-24-14)21-7-9-22(10-8-21)18-15-5-1-2-6-16(15)19-13-20-18/h1-6,11,13H,7-10,12H2. The van der Waals surface area contributed by atoms with Crippen molar-refractivity contribution in [3.05, 3.63) is 53.0 Å². The molecule has 0 saturated carbocycles. The van der Waals surface area contributed by atoms with Crippen molar-refractivity contribution in [2.45, 2.75) is 6.42 Å². The number of amides is 1. The van der Waals surface area contributed by atoms with E-state index in [0.717, 1.165) is 47.8 Å². The lowest BCUT2D eigenvalue weighted by molar-refractivity contribution is -0.130. The Hall–Kier alpha value is -2.47. The fourth-order valence-electron chi connectivity index (χ4n) is 3.08. The summed E-state index contributed by atoms with van der Waals surface area (Å²) in [5.41, 5.74) is 0.957. The third-order valence-corrected chi connectivity index (χ3v) is 5.24. The first-order chi connectivity index (χ1) is 11.8. The van der Waals surface area contributed by atoms with Crippen molar-refractivity contribution in [3.8, 4) is 0 Å². The van der Waals surface area contributed by atoms with Crippen LogP contribution in [-0.2, 0) is 11.2 Å². The number of para-hydroxylation sites is 1. The van der Waals surface area contributed by atoms with Crippen LogP contribution in [0.3, 0.4) is 0 Å². The summed E-state index contributed by atoms with van der Waals surface area (Å²) in [7, 11) is 0. The number of fused-ring (bicyclic) bond motifs is 1. The summed E-state index contributed by atoms with van der Waals surface area (Å²) >= 11 is 1.64. The molecule has 1 fully saturated rings. The molecule has 4 rings (SSSR count). The zero-order valence-electron chi connectivity index (χ0n) is 13.3.